The van der Waals surface area contributed by atoms with E-state index in [2.05, 4.69) is 10.2 Å². The highest BCUT2D eigenvalue weighted by atomic mass is 35.5. The van der Waals surface area contributed by atoms with Gasteiger partial charge in [-0.1, -0.05) is 11.6 Å². The smallest absolute Gasteiger partial charge is 0.161 e. The van der Waals surface area contributed by atoms with Gasteiger partial charge in [0.2, 0.25) is 0 Å². The van der Waals surface area contributed by atoms with E-state index in [4.69, 9.17) is 11.6 Å². The maximum Gasteiger partial charge on any atom is 0.161 e. The van der Waals surface area contributed by atoms with Crippen LogP contribution in [-0.2, 0) is 0 Å². The molecule has 126 valence electrons. The predicted molar refractivity (Wildman–Crippen MR) is 89.2 cm³/mol. The molecule has 1 fully saturated rings. The van der Waals surface area contributed by atoms with E-state index in [0.717, 1.165) is 24.0 Å². The van der Waals surface area contributed by atoms with E-state index in [0.29, 0.717) is 23.5 Å². The summed E-state index contributed by atoms with van der Waals surface area (Å²) in [5.41, 5.74) is 0.138. The quantitative estimate of drug-likeness (QED) is 0.798. The first-order chi connectivity index (χ1) is 10.6. The molecule has 0 aliphatic carbocycles. The van der Waals surface area contributed by atoms with Gasteiger partial charge in [0.05, 0.1) is 10.4 Å². The van der Waals surface area contributed by atoms with Crippen molar-refractivity contribution < 1.29 is 13.2 Å². The summed E-state index contributed by atoms with van der Waals surface area (Å²) in [6.45, 7) is 2.92. The third kappa shape index (κ3) is 4.00. The molecule has 1 aliphatic rings. The molecule has 1 aromatic heterocycles. The van der Waals surface area contributed by atoms with Gasteiger partial charge in [-0.05, 0) is 18.2 Å². The van der Waals surface area contributed by atoms with Gasteiger partial charge in [-0.2, -0.15) is 0 Å². The number of hydrogen-bond donors (Lipinski definition) is 1. The summed E-state index contributed by atoms with van der Waals surface area (Å²) >= 11 is 7.31. The Morgan fingerprint density at radius 2 is 1.70 bits per heavy atom. The van der Waals surface area contributed by atoms with Crippen molar-refractivity contribution in [3.63, 3.8) is 0 Å². The molecule has 0 spiro atoms. The first-order valence-corrected chi connectivity index (χ1v) is 8.10. The van der Waals surface area contributed by atoms with Crippen LogP contribution in [0.25, 0.3) is 0 Å². The van der Waals surface area contributed by atoms with E-state index >= 15 is 0 Å². The minimum absolute atomic E-state index is 0. The molecule has 0 saturated carbocycles. The van der Waals surface area contributed by atoms with Crippen LogP contribution in [0.2, 0.25) is 4.34 Å². The fraction of sp³-hybridized carbons (Fsp3) is 0.333. The van der Waals surface area contributed by atoms with Crippen molar-refractivity contribution in [3.8, 4) is 0 Å². The number of hydrogen-bond acceptors (Lipinski definition) is 3. The van der Waals surface area contributed by atoms with Gasteiger partial charge in [-0.3, -0.25) is 4.90 Å². The van der Waals surface area contributed by atoms with E-state index < -0.39 is 23.5 Å². The van der Waals surface area contributed by atoms with Crippen molar-refractivity contribution in [2.45, 2.75) is 6.04 Å². The number of thiophene rings is 1. The topological polar surface area (TPSA) is 15.3 Å². The number of piperazine rings is 1. The van der Waals surface area contributed by atoms with Crippen LogP contribution in [-0.4, -0.2) is 31.1 Å². The summed E-state index contributed by atoms with van der Waals surface area (Å²) in [5, 5.41) is 3.22. The summed E-state index contributed by atoms with van der Waals surface area (Å²) in [4.78, 5) is 2.87. The molecule has 1 N–H and O–H groups in total. The summed E-state index contributed by atoms with van der Waals surface area (Å²) < 4.78 is 41.7. The Balaban J connectivity index is 0.00000192. The lowest BCUT2D eigenvalue weighted by atomic mass is 10.0. The maximum atomic E-state index is 14.3. The summed E-state index contributed by atoms with van der Waals surface area (Å²) in [7, 11) is 0. The molecule has 1 aromatic carbocycles. The number of nitrogens with one attached hydrogen (secondary N) is 1. The van der Waals surface area contributed by atoms with Crippen LogP contribution < -0.4 is 5.32 Å². The van der Waals surface area contributed by atoms with Gasteiger partial charge in [0.25, 0.3) is 0 Å². The van der Waals surface area contributed by atoms with Gasteiger partial charge in [-0.15, -0.1) is 23.7 Å². The lowest BCUT2D eigenvalue weighted by molar-refractivity contribution is 0.197. The Labute approximate surface area is 147 Å². The lowest BCUT2D eigenvalue weighted by Gasteiger charge is -2.34. The molecule has 2 heterocycles. The average molecular weight is 383 g/mol. The molecule has 23 heavy (non-hydrogen) atoms. The largest absolute Gasteiger partial charge is 0.314 e. The Morgan fingerprint density at radius 1 is 1.04 bits per heavy atom. The van der Waals surface area contributed by atoms with Crippen molar-refractivity contribution >= 4 is 35.3 Å². The van der Waals surface area contributed by atoms with Crippen LogP contribution in [0.5, 0.6) is 0 Å². The summed E-state index contributed by atoms with van der Waals surface area (Å²) in [6, 6.07) is 4.63. The van der Waals surface area contributed by atoms with Gasteiger partial charge in [0.15, 0.2) is 11.6 Å². The molecule has 0 amide bonds. The van der Waals surface area contributed by atoms with Crippen LogP contribution in [0.4, 0.5) is 13.2 Å². The number of nitrogens with zero attached hydrogens (tertiary/aromatic N) is 1. The van der Waals surface area contributed by atoms with Crippen molar-refractivity contribution in [1.82, 2.24) is 10.2 Å². The second-order valence-electron chi connectivity index (χ2n) is 5.12. The Kier molecular flexibility index (Phi) is 6.33. The Hall–Kier alpha value is -0.790. The highest BCUT2D eigenvalue weighted by Crippen LogP contribution is 2.37. The second-order valence-corrected chi connectivity index (χ2v) is 6.86. The maximum absolute atomic E-state index is 14.3. The van der Waals surface area contributed by atoms with Crippen molar-refractivity contribution in [1.29, 1.82) is 0 Å². The number of benzene rings is 1. The van der Waals surface area contributed by atoms with E-state index in [9.17, 15) is 13.2 Å². The third-order valence-corrected chi connectivity index (χ3v) is 5.00. The molecular formula is C15H15Cl2F3N2S. The first kappa shape index (κ1) is 18.5. The first-order valence-electron chi connectivity index (χ1n) is 6.90. The summed E-state index contributed by atoms with van der Waals surface area (Å²) in [6.07, 6.45) is 0. The molecule has 1 atom stereocenters. The molecular weight excluding hydrogens is 368 g/mol. The van der Waals surface area contributed by atoms with Gasteiger partial charge in [-0.25, -0.2) is 13.2 Å². The zero-order chi connectivity index (χ0) is 15.7. The minimum Gasteiger partial charge on any atom is -0.314 e. The molecule has 1 saturated heterocycles. The van der Waals surface area contributed by atoms with Gasteiger partial charge >= 0.3 is 0 Å². The molecule has 1 aliphatic heterocycles. The molecule has 0 unspecified atom stereocenters. The molecule has 3 rings (SSSR count). The van der Waals surface area contributed by atoms with Gasteiger partial charge in [0.1, 0.15) is 5.82 Å². The molecule has 2 aromatic rings. The van der Waals surface area contributed by atoms with Crippen molar-refractivity contribution in [2.75, 3.05) is 26.2 Å². The molecule has 0 bridgehead atoms. The zero-order valence-corrected chi connectivity index (χ0v) is 14.4. The fourth-order valence-electron chi connectivity index (χ4n) is 2.69. The van der Waals surface area contributed by atoms with Crippen molar-refractivity contribution in [3.05, 3.63) is 56.5 Å². The number of rotatable bonds is 3. The molecule has 0 radical (unpaired) electrons. The van der Waals surface area contributed by atoms with Crippen LogP contribution in [0.15, 0.2) is 24.3 Å². The molecule has 2 nitrogen and oxygen atoms in total. The standard InChI is InChI=1S/C15H14ClF3N2S.ClH/c16-14-2-1-13(22-14)15(21-5-3-20-4-6-21)9-7-11(18)12(19)8-10(9)17;/h1-2,7-8,15,20H,3-6H2;1H/t15-;/m0./s1. The fourth-order valence-corrected chi connectivity index (χ4v) is 3.91. The Morgan fingerprint density at radius 3 is 2.30 bits per heavy atom. The van der Waals surface area contributed by atoms with Crippen molar-refractivity contribution in [2.24, 2.45) is 0 Å². The summed E-state index contributed by atoms with van der Waals surface area (Å²) in [5.74, 6) is -2.96. The van der Waals surface area contributed by atoms with Gasteiger partial charge < -0.3 is 5.32 Å². The van der Waals surface area contributed by atoms with E-state index in [1.165, 1.54) is 11.3 Å². The monoisotopic (exact) mass is 382 g/mol. The van der Waals surface area contributed by atoms with Crippen LogP contribution in [0.1, 0.15) is 16.5 Å². The number of halogens is 5. The normalized spacial score (nSPS) is 16.9. The van der Waals surface area contributed by atoms with Crippen LogP contribution in [0, 0.1) is 17.5 Å². The highest BCUT2D eigenvalue weighted by molar-refractivity contribution is 7.16. The highest BCUT2D eigenvalue weighted by Gasteiger charge is 2.28. The van der Waals surface area contributed by atoms with E-state index in [-0.39, 0.29) is 18.0 Å². The van der Waals surface area contributed by atoms with Crippen LogP contribution >= 0.6 is 35.3 Å². The molecule has 8 heteroatoms. The SMILES string of the molecule is Cl.Fc1cc(F)c([C@@H](c2ccc(Cl)s2)N2CCNCC2)cc1F. The Bertz CT molecular complexity index is 675. The average Bonchev–Trinajstić information content (AvgIpc) is 2.92. The van der Waals surface area contributed by atoms with E-state index in [1.54, 1.807) is 12.1 Å². The lowest BCUT2D eigenvalue weighted by Crippen LogP contribution is -2.45. The van der Waals surface area contributed by atoms with Gasteiger partial charge in [0, 0.05) is 42.7 Å². The minimum atomic E-state index is -1.18. The van der Waals surface area contributed by atoms with E-state index in [1.807, 2.05) is 0 Å². The van der Waals surface area contributed by atoms with Crippen LogP contribution in [0.3, 0.4) is 0 Å². The predicted octanol–water partition coefficient (Wildman–Crippen LogP) is 4.24. The second kappa shape index (κ2) is 7.85. The zero-order valence-electron chi connectivity index (χ0n) is 12.0. The third-order valence-electron chi connectivity index (χ3n) is 3.71.